The van der Waals surface area contributed by atoms with Gasteiger partial charge in [-0.15, -0.1) is 5.10 Å². The Bertz CT molecular complexity index is 270. The lowest BCUT2D eigenvalue weighted by Gasteiger charge is -2.25. The molecule has 5 heteroatoms. The predicted molar refractivity (Wildman–Crippen MR) is 63.0 cm³/mol. The van der Waals surface area contributed by atoms with E-state index in [1.807, 2.05) is 10.9 Å². The van der Waals surface area contributed by atoms with Gasteiger partial charge in [0.05, 0.1) is 6.20 Å². The van der Waals surface area contributed by atoms with E-state index in [-0.39, 0.29) is 12.0 Å². The van der Waals surface area contributed by atoms with E-state index in [9.17, 15) is 5.11 Å². The molecule has 1 unspecified atom stereocenters. The van der Waals surface area contributed by atoms with Gasteiger partial charge in [0.25, 0.3) is 0 Å². The molecule has 92 valence electrons. The summed E-state index contributed by atoms with van der Waals surface area (Å²) in [5, 5.41) is 20.2. The lowest BCUT2D eigenvalue weighted by Crippen LogP contribution is -2.35. The largest absolute Gasteiger partial charge is 0.396 e. The third-order valence-corrected chi connectivity index (χ3v) is 3.00. The highest BCUT2D eigenvalue weighted by Gasteiger charge is 2.19. The van der Waals surface area contributed by atoms with Crippen LogP contribution in [0.15, 0.2) is 12.4 Å². The minimum absolute atomic E-state index is 0.00720. The Morgan fingerprint density at radius 2 is 2.31 bits per heavy atom. The molecule has 0 aromatic carbocycles. The van der Waals surface area contributed by atoms with Gasteiger partial charge < -0.3 is 10.4 Å². The van der Waals surface area contributed by atoms with Crippen molar-refractivity contribution < 1.29 is 5.11 Å². The fourth-order valence-electron chi connectivity index (χ4n) is 1.40. The van der Waals surface area contributed by atoms with E-state index < -0.39 is 0 Å². The highest BCUT2D eigenvalue weighted by molar-refractivity contribution is 4.74. The number of rotatable bonds is 8. The van der Waals surface area contributed by atoms with Crippen molar-refractivity contribution in [3.8, 4) is 0 Å². The summed E-state index contributed by atoms with van der Waals surface area (Å²) in [6, 6.07) is 0. The van der Waals surface area contributed by atoms with Crippen LogP contribution in [0.2, 0.25) is 0 Å². The zero-order chi connectivity index (χ0) is 11.9. The zero-order valence-corrected chi connectivity index (χ0v) is 10.2. The molecule has 1 aromatic rings. The number of aromatic nitrogens is 3. The van der Waals surface area contributed by atoms with E-state index in [1.165, 1.54) is 0 Å². The fourth-order valence-corrected chi connectivity index (χ4v) is 1.40. The molecule has 0 aliphatic heterocycles. The van der Waals surface area contributed by atoms with Crippen LogP contribution < -0.4 is 5.32 Å². The third kappa shape index (κ3) is 4.28. The monoisotopic (exact) mass is 226 g/mol. The summed E-state index contributed by atoms with van der Waals surface area (Å²) in [5.74, 6) is 0. The van der Waals surface area contributed by atoms with Crippen LogP contribution in [-0.2, 0) is 6.54 Å². The van der Waals surface area contributed by atoms with Crippen molar-refractivity contribution in [2.24, 2.45) is 5.41 Å². The van der Waals surface area contributed by atoms with Gasteiger partial charge in [-0.05, 0) is 19.4 Å². The van der Waals surface area contributed by atoms with Crippen LogP contribution in [-0.4, -0.2) is 39.8 Å². The molecule has 0 bridgehead atoms. The van der Waals surface area contributed by atoms with E-state index in [0.29, 0.717) is 0 Å². The van der Waals surface area contributed by atoms with Crippen LogP contribution in [0, 0.1) is 5.41 Å². The molecule has 1 atom stereocenters. The maximum absolute atomic E-state index is 9.23. The minimum Gasteiger partial charge on any atom is -0.396 e. The molecule has 0 fully saturated rings. The molecule has 0 spiro atoms. The molecule has 0 amide bonds. The number of hydrogen-bond acceptors (Lipinski definition) is 4. The summed E-state index contributed by atoms with van der Waals surface area (Å²) in [6.45, 7) is 7.12. The van der Waals surface area contributed by atoms with Gasteiger partial charge in [-0.2, -0.15) is 0 Å². The second kappa shape index (κ2) is 6.60. The van der Waals surface area contributed by atoms with Gasteiger partial charge in [-0.3, -0.25) is 4.68 Å². The number of hydrogen-bond donors (Lipinski definition) is 2. The molecular weight excluding hydrogens is 204 g/mol. The maximum Gasteiger partial charge on any atom is 0.0692 e. The van der Waals surface area contributed by atoms with E-state index >= 15 is 0 Å². The first-order valence-corrected chi connectivity index (χ1v) is 5.86. The quantitative estimate of drug-likeness (QED) is 0.639. The number of nitrogens with zero attached hydrogens (tertiary/aromatic N) is 3. The van der Waals surface area contributed by atoms with Gasteiger partial charge in [0, 0.05) is 31.3 Å². The van der Waals surface area contributed by atoms with Crippen molar-refractivity contribution in [2.45, 2.75) is 33.2 Å². The van der Waals surface area contributed by atoms with Gasteiger partial charge in [0.1, 0.15) is 0 Å². The third-order valence-electron chi connectivity index (χ3n) is 3.00. The van der Waals surface area contributed by atoms with Crippen LogP contribution in [0.4, 0.5) is 0 Å². The Balaban J connectivity index is 2.08. The normalized spacial score (nSPS) is 14.9. The Hall–Kier alpha value is -0.940. The smallest absolute Gasteiger partial charge is 0.0692 e. The maximum atomic E-state index is 9.23. The molecule has 0 radical (unpaired) electrons. The molecule has 1 aromatic heterocycles. The lowest BCUT2D eigenvalue weighted by molar-refractivity contribution is 0.135. The second-order valence-corrected chi connectivity index (χ2v) is 4.52. The first-order valence-electron chi connectivity index (χ1n) is 5.86. The molecule has 0 aliphatic carbocycles. The Labute approximate surface area is 96.9 Å². The molecule has 0 saturated carbocycles. The highest BCUT2D eigenvalue weighted by Crippen LogP contribution is 2.18. The Morgan fingerprint density at radius 1 is 1.50 bits per heavy atom. The first-order chi connectivity index (χ1) is 7.70. The molecule has 1 heterocycles. The minimum atomic E-state index is 0.00720. The van der Waals surface area contributed by atoms with Crippen molar-refractivity contribution in [2.75, 3.05) is 19.7 Å². The standard InChI is InChI=1S/C11H22N4O/c1-3-11(2,10-16)9-12-5-4-7-15-8-6-13-14-15/h6,8,12,16H,3-5,7,9-10H2,1-2H3. The average Bonchev–Trinajstić information content (AvgIpc) is 2.81. The fraction of sp³-hybridized carbons (Fsp3) is 0.818. The lowest BCUT2D eigenvalue weighted by atomic mass is 9.89. The van der Waals surface area contributed by atoms with Crippen molar-refractivity contribution >= 4 is 0 Å². The SMILES string of the molecule is CCC(C)(CO)CNCCCn1ccnn1. The van der Waals surface area contributed by atoms with Gasteiger partial charge in [0.2, 0.25) is 0 Å². The average molecular weight is 226 g/mol. The van der Waals surface area contributed by atoms with E-state index in [4.69, 9.17) is 0 Å². The van der Waals surface area contributed by atoms with Crippen molar-refractivity contribution in [3.05, 3.63) is 12.4 Å². The van der Waals surface area contributed by atoms with Gasteiger partial charge in [0.15, 0.2) is 0 Å². The summed E-state index contributed by atoms with van der Waals surface area (Å²) in [5.41, 5.74) is 0.00720. The van der Waals surface area contributed by atoms with Gasteiger partial charge in [-0.25, -0.2) is 0 Å². The van der Waals surface area contributed by atoms with Crippen LogP contribution in [0.3, 0.4) is 0 Å². The number of aryl methyl sites for hydroxylation is 1. The topological polar surface area (TPSA) is 63.0 Å². The summed E-state index contributed by atoms with van der Waals surface area (Å²) < 4.78 is 1.83. The van der Waals surface area contributed by atoms with Crippen LogP contribution in [0.1, 0.15) is 26.7 Å². The molecule has 0 aliphatic rings. The summed E-state index contributed by atoms with van der Waals surface area (Å²) in [4.78, 5) is 0. The summed E-state index contributed by atoms with van der Waals surface area (Å²) >= 11 is 0. The first kappa shape index (κ1) is 13.1. The van der Waals surface area contributed by atoms with Crippen molar-refractivity contribution in [1.29, 1.82) is 0 Å². The molecule has 1 rings (SSSR count). The van der Waals surface area contributed by atoms with Crippen LogP contribution in [0.25, 0.3) is 0 Å². The number of aliphatic hydroxyl groups excluding tert-OH is 1. The second-order valence-electron chi connectivity index (χ2n) is 4.52. The molecule has 5 nitrogen and oxygen atoms in total. The van der Waals surface area contributed by atoms with Crippen LogP contribution in [0.5, 0.6) is 0 Å². The highest BCUT2D eigenvalue weighted by atomic mass is 16.3. The van der Waals surface area contributed by atoms with Crippen molar-refractivity contribution in [3.63, 3.8) is 0 Å². The predicted octanol–water partition coefficient (Wildman–Crippen LogP) is 0.666. The Morgan fingerprint density at radius 3 is 2.88 bits per heavy atom. The van der Waals surface area contributed by atoms with Gasteiger partial charge in [-0.1, -0.05) is 19.1 Å². The van der Waals surface area contributed by atoms with Gasteiger partial charge >= 0.3 is 0 Å². The molecule has 16 heavy (non-hydrogen) atoms. The van der Waals surface area contributed by atoms with Crippen molar-refractivity contribution in [1.82, 2.24) is 20.3 Å². The molecular formula is C11H22N4O. The van der Waals surface area contributed by atoms with E-state index in [2.05, 4.69) is 29.5 Å². The molecule has 2 N–H and O–H groups in total. The molecule has 0 saturated heterocycles. The summed E-state index contributed by atoms with van der Waals surface area (Å²) in [6.07, 6.45) is 5.56. The number of aliphatic hydroxyl groups is 1. The number of nitrogens with one attached hydrogen (secondary N) is 1. The van der Waals surface area contributed by atoms with Crippen LogP contribution >= 0.6 is 0 Å². The van der Waals surface area contributed by atoms with E-state index in [1.54, 1.807) is 6.20 Å². The zero-order valence-electron chi connectivity index (χ0n) is 10.2. The Kier molecular flexibility index (Phi) is 5.42. The van der Waals surface area contributed by atoms with E-state index in [0.717, 1.165) is 32.5 Å². The summed E-state index contributed by atoms with van der Waals surface area (Å²) in [7, 11) is 0.